The standard InChI is InChI=1S/C23H25F2N3O3/c1-22(2)14-7-8-23(22,18-12-28(9-10-31-18)21(29)30-3)20-13(14)11-17(26-27-20)19-15(24)5-4-6-16(19)25/h4-6,11,14,18H,7-10,12H2,1-3H3/t14-,18?,23-/m0/s1. The van der Waals surface area contributed by atoms with Crippen molar-refractivity contribution in [3.63, 3.8) is 0 Å². The van der Waals surface area contributed by atoms with Gasteiger partial charge in [0, 0.05) is 12.0 Å². The third-order valence-electron chi connectivity index (χ3n) is 7.74. The summed E-state index contributed by atoms with van der Waals surface area (Å²) in [5, 5.41) is 8.78. The van der Waals surface area contributed by atoms with E-state index in [1.165, 1.54) is 25.3 Å². The zero-order chi connectivity index (χ0) is 22.0. The molecule has 164 valence electrons. The number of morpholine rings is 1. The van der Waals surface area contributed by atoms with E-state index in [4.69, 9.17) is 9.47 Å². The van der Waals surface area contributed by atoms with Crippen LogP contribution in [0.2, 0.25) is 0 Å². The number of carbonyl (C=O) groups excluding carboxylic acids is 1. The highest BCUT2D eigenvalue weighted by atomic mass is 19.1. The molecule has 0 N–H and O–H groups in total. The summed E-state index contributed by atoms with van der Waals surface area (Å²) in [4.78, 5) is 13.8. The fraction of sp³-hybridized carbons (Fsp3) is 0.522. The average molecular weight is 429 g/mol. The molecular formula is C23H25F2N3O3. The van der Waals surface area contributed by atoms with Gasteiger partial charge in [0.25, 0.3) is 0 Å². The second kappa shape index (κ2) is 6.95. The maximum absolute atomic E-state index is 14.4. The maximum Gasteiger partial charge on any atom is 0.409 e. The number of halogens is 2. The van der Waals surface area contributed by atoms with Crippen molar-refractivity contribution in [2.45, 2.75) is 44.1 Å². The van der Waals surface area contributed by atoms with Gasteiger partial charge in [-0.05, 0) is 47.9 Å². The minimum absolute atomic E-state index is 0.154. The summed E-state index contributed by atoms with van der Waals surface area (Å²) in [5.41, 5.74) is 1.21. The summed E-state index contributed by atoms with van der Waals surface area (Å²) in [5.74, 6) is -1.14. The van der Waals surface area contributed by atoms with Crippen molar-refractivity contribution in [2.24, 2.45) is 5.41 Å². The number of carbonyl (C=O) groups is 1. The molecule has 5 rings (SSSR count). The number of hydrogen-bond donors (Lipinski definition) is 0. The first-order valence-corrected chi connectivity index (χ1v) is 10.6. The predicted octanol–water partition coefficient (Wildman–Crippen LogP) is 4.04. The third-order valence-corrected chi connectivity index (χ3v) is 7.74. The van der Waals surface area contributed by atoms with Crippen LogP contribution in [0.1, 0.15) is 43.9 Å². The van der Waals surface area contributed by atoms with Crippen LogP contribution in [0.4, 0.5) is 13.6 Å². The molecule has 1 saturated heterocycles. The first kappa shape index (κ1) is 20.3. The highest BCUT2D eigenvalue weighted by molar-refractivity contribution is 5.68. The number of amides is 1. The lowest BCUT2D eigenvalue weighted by Crippen LogP contribution is -2.57. The molecule has 0 radical (unpaired) electrons. The molecule has 3 aliphatic rings. The van der Waals surface area contributed by atoms with Gasteiger partial charge in [-0.25, -0.2) is 13.6 Å². The summed E-state index contributed by atoms with van der Waals surface area (Å²) in [6, 6.07) is 5.57. The predicted molar refractivity (Wildman–Crippen MR) is 109 cm³/mol. The van der Waals surface area contributed by atoms with Crippen molar-refractivity contribution in [1.82, 2.24) is 15.1 Å². The van der Waals surface area contributed by atoms with Crippen molar-refractivity contribution in [2.75, 3.05) is 26.8 Å². The zero-order valence-corrected chi connectivity index (χ0v) is 17.8. The summed E-state index contributed by atoms with van der Waals surface area (Å²) >= 11 is 0. The molecule has 1 unspecified atom stereocenters. The fourth-order valence-electron chi connectivity index (χ4n) is 6.19. The molecule has 2 aliphatic carbocycles. The Morgan fingerprint density at radius 3 is 2.71 bits per heavy atom. The Labute approximate surface area is 179 Å². The van der Waals surface area contributed by atoms with Crippen molar-refractivity contribution in [3.8, 4) is 11.3 Å². The monoisotopic (exact) mass is 429 g/mol. The van der Waals surface area contributed by atoms with Crippen LogP contribution in [0.25, 0.3) is 11.3 Å². The first-order chi connectivity index (χ1) is 14.8. The molecule has 3 atom stereocenters. The number of methoxy groups -OCH3 is 1. The van der Waals surface area contributed by atoms with E-state index in [1.54, 1.807) is 11.0 Å². The topological polar surface area (TPSA) is 64.5 Å². The Kier molecular flexibility index (Phi) is 4.55. The number of nitrogens with zero attached hydrogens (tertiary/aromatic N) is 3. The Morgan fingerprint density at radius 2 is 2.00 bits per heavy atom. The molecule has 2 heterocycles. The average Bonchev–Trinajstić information content (AvgIpc) is 3.14. The van der Waals surface area contributed by atoms with E-state index < -0.39 is 17.0 Å². The van der Waals surface area contributed by atoms with Gasteiger partial charge in [0.15, 0.2) is 0 Å². The van der Waals surface area contributed by atoms with Crippen LogP contribution in [0, 0.1) is 17.0 Å². The SMILES string of the molecule is COC(=O)N1CCOC([C@@]23CC[C@@H](c4cc(-c5c(F)cccc5F)nnc42)C3(C)C)C1. The smallest absolute Gasteiger partial charge is 0.409 e. The molecule has 8 heteroatoms. The molecule has 2 fully saturated rings. The van der Waals surface area contributed by atoms with Crippen molar-refractivity contribution >= 4 is 6.09 Å². The van der Waals surface area contributed by atoms with E-state index in [0.717, 1.165) is 24.1 Å². The number of aromatic nitrogens is 2. The van der Waals surface area contributed by atoms with Gasteiger partial charge in [0.05, 0.1) is 43.3 Å². The summed E-state index contributed by atoms with van der Waals surface area (Å²) in [7, 11) is 1.38. The number of rotatable bonds is 2. The molecule has 1 aromatic carbocycles. The van der Waals surface area contributed by atoms with E-state index in [0.29, 0.717) is 19.7 Å². The van der Waals surface area contributed by atoms with Crippen LogP contribution >= 0.6 is 0 Å². The number of ether oxygens (including phenoxy) is 2. The van der Waals surface area contributed by atoms with Crippen LogP contribution in [-0.4, -0.2) is 54.1 Å². The second-order valence-electron chi connectivity index (χ2n) is 9.19. The van der Waals surface area contributed by atoms with E-state index in [2.05, 4.69) is 24.0 Å². The molecule has 1 amide bonds. The maximum atomic E-state index is 14.4. The minimum atomic E-state index is -0.657. The summed E-state index contributed by atoms with van der Waals surface area (Å²) in [6.45, 7) is 5.69. The first-order valence-electron chi connectivity index (χ1n) is 10.6. The highest BCUT2D eigenvalue weighted by Gasteiger charge is 2.67. The molecule has 1 aromatic heterocycles. The van der Waals surface area contributed by atoms with Crippen molar-refractivity contribution in [3.05, 3.63) is 47.2 Å². The Hall–Kier alpha value is -2.61. The second-order valence-corrected chi connectivity index (χ2v) is 9.19. The van der Waals surface area contributed by atoms with Crippen LogP contribution in [0.15, 0.2) is 24.3 Å². The molecular weight excluding hydrogens is 404 g/mol. The fourth-order valence-corrected chi connectivity index (χ4v) is 6.19. The Morgan fingerprint density at radius 1 is 1.26 bits per heavy atom. The van der Waals surface area contributed by atoms with Gasteiger partial charge >= 0.3 is 6.09 Å². The molecule has 31 heavy (non-hydrogen) atoms. The van der Waals surface area contributed by atoms with Gasteiger partial charge < -0.3 is 14.4 Å². The third kappa shape index (κ3) is 2.67. The van der Waals surface area contributed by atoms with Crippen LogP contribution < -0.4 is 0 Å². The van der Waals surface area contributed by atoms with Crippen molar-refractivity contribution in [1.29, 1.82) is 0 Å². The number of benzene rings is 1. The minimum Gasteiger partial charge on any atom is -0.453 e. The highest BCUT2D eigenvalue weighted by Crippen LogP contribution is 2.69. The van der Waals surface area contributed by atoms with E-state index in [1.807, 2.05) is 0 Å². The normalized spacial score (nSPS) is 28.5. The van der Waals surface area contributed by atoms with Crippen molar-refractivity contribution < 1.29 is 23.0 Å². The van der Waals surface area contributed by atoms with Gasteiger partial charge in [0.2, 0.25) is 0 Å². The quantitative estimate of drug-likeness (QED) is 0.721. The lowest BCUT2D eigenvalue weighted by atomic mass is 9.64. The van der Waals surface area contributed by atoms with Crippen LogP contribution in [-0.2, 0) is 14.9 Å². The molecule has 2 bridgehead atoms. The lowest BCUT2D eigenvalue weighted by molar-refractivity contribution is -0.0868. The van der Waals surface area contributed by atoms with Crippen LogP contribution in [0.5, 0.6) is 0 Å². The van der Waals surface area contributed by atoms with Crippen LogP contribution in [0.3, 0.4) is 0 Å². The molecule has 0 spiro atoms. The number of hydrogen-bond acceptors (Lipinski definition) is 5. The zero-order valence-electron chi connectivity index (χ0n) is 17.8. The molecule has 6 nitrogen and oxygen atoms in total. The number of fused-ring (bicyclic) bond motifs is 5. The Bertz CT molecular complexity index is 1040. The molecule has 2 aromatic rings. The van der Waals surface area contributed by atoms with Gasteiger partial charge in [-0.2, -0.15) is 10.2 Å². The largest absolute Gasteiger partial charge is 0.453 e. The van der Waals surface area contributed by atoms with E-state index in [-0.39, 0.29) is 34.8 Å². The molecule has 1 aliphatic heterocycles. The van der Waals surface area contributed by atoms with Gasteiger partial charge in [0.1, 0.15) is 11.6 Å². The van der Waals surface area contributed by atoms with Gasteiger partial charge in [-0.1, -0.05) is 19.9 Å². The summed E-state index contributed by atoms with van der Waals surface area (Å²) in [6.07, 6.45) is 1.15. The van der Waals surface area contributed by atoms with Gasteiger partial charge in [-0.3, -0.25) is 0 Å². The summed E-state index contributed by atoms with van der Waals surface area (Å²) < 4.78 is 39.9. The molecule has 1 saturated carbocycles. The lowest BCUT2D eigenvalue weighted by Gasteiger charge is -2.47. The van der Waals surface area contributed by atoms with E-state index in [9.17, 15) is 13.6 Å². The Balaban J connectivity index is 1.60. The van der Waals surface area contributed by atoms with Gasteiger partial charge in [-0.15, -0.1) is 0 Å². The van der Waals surface area contributed by atoms with E-state index >= 15 is 0 Å².